The number of thiophene rings is 1. The molecule has 4 nitrogen and oxygen atoms in total. The van der Waals surface area contributed by atoms with Gasteiger partial charge in [0, 0.05) is 41.3 Å². The highest BCUT2D eigenvalue weighted by Gasteiger charge is 2.24. The largest absolute Gasteiger partial charge is 0.263 e. The summed E-state index contributed by atoms with van der Waals surface area (Å²) in [5, 5.41) is 2.13. The second-order valence-electron chi connectivity index (χ2n) is 5.12. The van der Waals surface area contributed by atoms with Gasteiger partial charge in [0.1, 0.15) is 4.21 Å². The Hall–Kier alpha value is -1.76. The van der Waals surface area contributed by atoms with Crippen molar-refractivity contribution in [1.29, 1.82) is 0 Å². The molecule has 0 fully saturated rings. The normalized spacial score (nSPS) is 12.1. The van der Waals surface area contributed by atoms with Crippen LogP contribution in [-0.4, -0.2) is 30.8 Å². The lowest BCUT2D eigenvalue weighted by Crippen LogP contribution is -2.29. The predicted octanol–water partition coefficient (Wildman–Crippen LogP) is 3.99. The summed E-state index contributed by atoms with van der Waals surface area (Å²) < 4.78 is 27.1. The second-order valence-corrected chi connectivity index (χ2v) is 8.36. The third-order valence-corrected chi connectivity index (χ3v) is 7.45. The Morgan fingerprint density at radius 1 is 1.04 bits per heavy atom. The molecule has 0 aliphatic carbocycles. The number of pyridine rings is 1. The molecule has 6 heteroatoms. The van der Waals surface area contributed by atoms with Crippen molar-refractivity contribution in [1.82, 2.24) is 9.29 Å². The Balaban J connectivity index is 2.09. The number of sulfonamides is 1. The lowest BCUT2D eigenvalue weighted by Gasteiger charge is -2.16. The maximum absolute atomic E-state index is 12.6. The number of nitrogens with zero attached hydrogens (tertiary/aromatic N) is 2. The summed E-state index contributed by atoms with van der Waals surface area (Å²) in [6.45, 7) is 4.65. The van der Waals surface area contributed by atoms with E-state index in [1.807, 2.05) is 50.4 Å². The van der Waals surface area contributed by atoms with Gasteiger partial charge < -0.3 is 0 Å². The molecule has 0 atom stereocenters. The average Bonchev–Trinajstić information content (AvgIpc) is 3.06. The monoisotopic (exact) mass is 346 g/mol. The van der Waals surface area contributed by atoms with Gasteiger partial charge in [0.15, 0.2) is 0 Å². The Kier molecular flexibility index (Phi) is 4.48. The second kappa shape index (κ2) is 6.39. The van der Waals surface area contributed by atoms with Crippen molar-refractivity contribution in [3.8, 4) is 10.4 Å². The minimum atomic E-state index is -3.41. The third kappa shape index (κ3) is 2.89. The smallest absolute Gasteiger partial charge is 0.252 e. The van der Waals surface area contributed by atoms with Gasteiger partial charge in [0.05, 0.1) is 0 Å². The Bertz CT molecular complexity index is 923. The van der Waals surface area contributed by atoms with Crippen LogP contribution in [-0.2, 0) is 10.0 Å². The molecule has 23 heavy (non-hydrogen) atoms. The minimum absolute atomic E-state index is 0.379. The number of hydrogen-bond donors (Lipinski definition) is 0. The van der Waals surface area contributed by atoms with E-state index in [4.69, 9.17) is 0 Å². The van der Waals surface area contributed by atoms with Gasteiger partial charge >= 0.3 is 0 Å². The average molecular weight is 346 g/mol. The molecule has 3 aromatic rings. The summed E-state index contributed by atoms with van der Waals surface area (Å²) in [6, 6.07) is 11.5. The van der Waals surface area contributed by atoms with E-state index in [2.05, 4.69) is 4.98 Å². The lowest BCUT2D eigenvalue weighted by molar-refractivity contribution is 0.447. The van der Waals surface area contributed by atoms with Gasteiger partial charge in [-0.1, -0.05) is 38.1 Å². The maximum atomic E-state index is 12.6. The molecular formula is C17H18N2O2S2. The van der Waals surface area contributed by atoms with Crippen molar-refractivity contribution in [2.75, 3.05) is 13.1 Å². The van der Waals surface area contributed by atoms with Crippen molar-refractivity contribution in [2.24, 2.45) is 0 Å². The molecule has 0 aliphatic heterocycles. The van der Waals surface area contributed by atoms with Crippen LogP contribution in [0.1, 0.15) is 13.8 Å². The molecule has 0 amide bonds. The third-order valence-electron chi connectivity index (χ3n) is 3.81. The van der Waals surface area contributed by atoms with E-state index in [-0.39, 0.29) is 0 Å². The van der Waals surface area contributed by atoms with E-state index in [0.717, 1.165) is 21.2 Å². The molecule has 0 saturated carbocycles. The van der Waals surface area contributed by atoms with Crippen LogP contribution in [0.2, 0.25) is 0 Å². The molecule has 0 aliphatic rings. The van der Waals surface area contributed by atoms with Crippen LogP contribution in [0.15, 0.2) is 53.0 Å². The van der Waals surface area contributed by atoms with Crippen LogP contribution >= 0.6 is 11.3 Å². The van der Waals surface area contributed by atoms with Crippen molar-refractivity contribution < 1.29 is 8.42 Å². The SMILES string of the molecule is CCN(CC)S(=O)(=O)c1ccc(-c2cncc3ccccc23)s1. The minimum Gasteiger partial charge on any atom is -0.263 e. The van der Waals surface area contributed by atoms with Crippen molar-refractivity contribution in [3.05, 3.63) is 48.8 Å². The number of hydrogen-bond acceptors (Lipinski definition) is 4. The standard InChI is InChI=1S/C17H18N2O2S2/c1-3-19(4-2)23(20,21)17-10-9-16(22-17)15-12-18-11-13-7-5-6-8-14(13)15/h5-12H,3-4H2,1-2H3. The van der Waals surface area contributed by atoms with Gasteiger partial charge in [-0.3, -0.25) is 4.98 Å². The Morgan fingerprint density at radius 3 is 2.52 bits per heavy atom. The van der Waals surface area contributed by atoms with Gasteiger partial charge in [-0.25, -0.2) is 8.42 Å². The number of aromatic nitrogens is 1. The zero-order valence-electron chi connectivity index (χ0n) is 13.1. The molecule has 2 heterocycles. The zero-order chi connectivity index (χ0) is 16.4. The first-order valence-corrected chi connectivity index (χ1v) is 9.76. The Morgan fingerprint density at radius 2 is 1.78 bits per heavy atom. The van der Waals surface area contributed by atoms with Gasteiger partial charge in [0.2, 0.25) is 0 Å². The van der Waals surface area contributed by atoms with E-state index in [9.17, 15) is 8.42 Å². The van der Waals surface area contributed by atoms with E-state index in [0.29, 0.717) is 17.3 Å². The van der Waals surface area contributed by atoms with Crippen molar-refractivity contribution in [3.63, 3.8) is 0 Å². The summed E-state index contributed by atoms with van der Waals surface area (Å²) in [5.74, 6) is 0. The van der Waals surface area contributed by atoms with Crippen LogP contribution in [0.4, 0.5) is 0 Å². The fourth-order valence-corrected chi connectivity index (χ4v) is 5.55. The molecule has 0 unspecified atom stereocenters. The first kappa shape index (κ1) is 16.1. The van der Waals surface area contributed by atoms with Crippen LogP contribution in [0.25, 0.3) is 21.2 Å². The highest BCUT2D eigenvalue weighted by Crippen LogP contribution is 2.35. The first-order valence-electron chi connectivity index (χ1n) is 7.51. The van der Waals surface area contributed by atoms with Crippen molar-refractivity contribution >= 4 is 32.1 Å². The molecule has 0 spiro atoms. The Labute approximate surface area is 140 Å². The molecule has 0 radical (unpaired) electrons. The number of rotatable bonds is 5. The van der Waals surface area contributed by atoms with Gasteiger partial charge in [-0.05, 0) is 17.5 Å². The van der Waals surface area contributed by atoms with E-state index < -0.39 is 10.0 Å². The maximum Gasteiger partial charge on any atom is 0.252 e. The van der Waals surface area contributed by atoms with Gasteiger partial charge in [-0.15, -0.1) is 11.3 Å². The first-order chi connectivity index (χ1) is 11.1. The molecule has 0 saturated heterocycles. The van der Waals surface area contributed by atoms with Gasteiger partial charge in [0.25, 0.3) is 10.0 Å². The van der Waals surface area contributed by atoms with Crippen LogP contribution < -0.4 is 0 Å². The molecule has 120 valence electrons. The van der Waals surface area contributed by atoms with Crippen molar-refractivity contribution in [2.45, 2.75) is 18.1 Å². The molecular weight excluding hydrogens is 328 g/mol. The van der Waals surface area contributed by atoms with E-state index in [1.54, 1.807) is 12.3 Å². The highest BCUT2D eigenvalue weighted by molar-refractivity contribution is 7.91. The lowest BCUT2D eigenvalue weighted by atomic mass is 10.1. The zero-order valence-corrected chi connectivity index (χ0v) is 14.7. The predicted molar refractivity (Wildman–Crippen MR) is 95.2 cm³/mol. The molecule has 3 rings (SSSR count). The number of benzene rings is 1. The molecule has 1 aromatic carbocycles. The fraction of sp³-hybridized carbons (Fsp3) is 0.235. The van der Waals surface area contributed by atoms with E-state index >= 15 is 0 Å². The summed E-state index contributed by atoms with van der Waals surface area (Å²) in [6.07, 6.45) is 3.61. The summed E-state index contributed by atoms with van der Waals surface area (Å²) in [5.41, 5.74) is 0.967. The van der Waals surface area contributed by atoms with Crippen LogP contribution in [0, 0.1) is 0 Å². The quantitative estimate of drug-likeness (QED) is 0.702. The summed E-state index contributed by atoms with van der Waals surface area (Å²) >= 11 is 1.30. The summed E-state index contributed by atoms with van der Waals surface area (Å²) in [7, 11) is -3.41. The molecule has 0 bridgehead atoms. The fourth-order valence-electron chi connectivity index (χ4n) is 2.61. The van der Waals surface area contributed by atoms with Crippen LogP contribution in [0.5, 0.6) is 0 Å². The highest BCUT2D eigenvalue weighted by atomic mass is 32.2. The van der Waals surface area contributed by atoms with Gasteiger partial charge in [-0.2, -0.15) is 4.31 Å². The number of fused-ring (bicyclic) bond motifs is 1. The van der Waals surface area contributed by atoms with E-state index in [1.165, 1.54) is 15.6 Å². The van der Waals surface area contributed by atoms with Crippen LogP contribution in [0.3, 0.4) is 0 Å². The molecule has 2 aromatic heterocycles. The summed E-state index contributed by atoms with van der Waals surface area (Å²) in [4.78, 5) is 5.19. The topological polar surface area (TPSA) is 50.3 Å². The molecule has 0 N–H and O–H groups in total.